The van der Waals surface area contributed by atoms with E-state index in [1.807, 2.05) is 6.92 Å². The molecule has 8 heteroatoms. The predicted octanol–water partition coefficient (Wildman–Crippen LogP) is 2.48. The Morgan fingerprint density at radius 1 is 1.47 bits per heavy atom. The molecule has 0 fully saturated rings. The Balaban J connectivity index is 0.000000292. The average Bonchev–Trinajstić information content (AvgIpc) is 2.91. The molecule has 2 heterocycles. The minimum atomic E-state index is 0. The normalized spacial score (nSPS) is 8.82. The molecule has 0 aliphatic heterocycles. The zero-order chi connectivity index (χ0) is 12.0. The van der Waals surface area contributed by atoms with Crippen LogP contribution in [0.5, 0.6) is 0 Å². The van der Waals surface area contributed by atoms with Gasteiger partial charge < -0.3 is 24.0 Å². The summed E-state index contributed by atoms with van der Waals surface area (Å²) in [5.41, 5.74) is 0.954. The van der Waals surface area contributed by atoms with E-state index >= 15 is 0 Å². The maximum absolute atomic E-state index is 10.2. The van der Waals surface area contributed by atoms with Crippen molar-refractivity contribution in [2.24, 2.45) is 0 Å². The molecule has 0 saturated heterocycles. The van der Waals surface area contributed by atoms with Gasteiger partial charge in [-0.1, -0.05) is 32.9 Å². The number of thioether (sulfide) groups is 1. The summed E-state index contributed by atoms with van der Waals surface area (Å²) in [5.74, 6) is 0. The molecule has 0 N–H and O–H groups in total. The highest BCUT2D eigenvalue weighted by Gasteiger charge is 1.99. The van der Waals surface area contributed by atoms with Gasteiger partial charge in [-0.2, -0.15) is 0 Å². The van der Waals surface area contributed by atoms with Crippen LogP contribution in [0.25, 0.3) is 0 Å². The standard InChI is InChI=1S/C5H4OS3.C4H5S3.HI/c1-3-4(2-6)8-9-5(3)7;1-5-4-2-6-7-3-4;/h2H,1H3;2-3H,1H3;1H/q;+1;/p-1. The molecule has 2 aromatic rings. The van der Waals surface area contributed by atoms with E-state index in [2.05, 4.69) is 17.0 Å². The molecule has 2 aromatic heterocycles. The van der Waals surface area contributed by atoms with E-state index in [-0.39, 0.29) is 24.0 Å². The van der Waals surface area contributed by atoms with E-state index in [1.54, 1.807) is 32.4 Å². The minimum absolute atomic E-state index is 0. The molecule has 2 rings (SSSR count). The van der Waals surface area contributed by atoms with E-state index in [9.17, 15) is 4.79 Å². The summed E-state index contributed by atoms with van der Waals surface area (Å²) < 4.78 is 0.835. The quantitative estimate of drug-likeness (QED) is 0.174. The second kappa shape index (κ2) is 9.93. The lowest BCUT2D eigenvalue weighted by molar-refractivity contribution is -0.00000944. The van der Waals surface area contributed by atoms with Crippen LogP contribution in [0.3, 0.4) is 0 Å². The first kappa shape index (κ1) is 18.1. The van der Waals surface area contributed by atoms with E-state index in [0.717, 1.165) is 20.6 Å². The van der Waals surface area contributed by atoms with Gasteiger partial charge in [0.25, 0.3) is 10.3 Å². The van der Waals surface area contributed by atoms with Crippen molar-refractivity contribution >= 4 is 71.6 Å². The molecule has 0 spiro atoms. The van der Waals surface area contributed by atoms with Crippen LogP contribution in [0.15, 0.2) is 15.7 Å². The number of carbonyl (C=O) groups is 1. The van der Waals surface area contributed by atoms with Gasteiger partial charge in [-0.25, -0.2) is 0 Å². The number of halogens is 1. The van der Waals surface area contributed by atoms with Crippen molar-refractivity contribution in [3.8, 4) is 0 Å². The monoisotopic (exact) mass is 452 g/mol. The summed E-state index contributed by atoms with van der Waals surface area (Å²) in [4.78, 5) is 12.4. The van der Waals surface area contributed by atoms with Crippen LogP contribution in [-0.2, 0) is 0 Å². The summed E-state index contributed by atoms with van der Waals surface area (Å²) in [6.45, 7) is 1.87. The van der Waals surface area contributed by atoms with Crippen LogP contribution in [0.4, 0.5) is 0 Å². The van der Waals surface area contributed by atoms with Crippen LogP contribution in [0.1, 0.15) is 15.2 Å². The van der Waals surface area contributed by atoms with Gasteiger partial charge in [-0.05, 0) is 18.7 Å². The van der Waals surface area contributed by atoms with Crippen molar-refractivity contribution in [1.82, 2.24) is 0 Å². The lowest BCUT2D eigenvalue weighted by Crippen LogP contribution is -3.00. The molecule has 0 aliphatic carbocycles. The molecule has 17 heavy (non-hydrogen) atoms. The Morgan fingerprint density at radius 2 is 2.18 bits per heavy atom. The Labute approximate surface area is 142 Å². The summed E-state index contributed by atoms with van der Waals surface area (Å²) in [6, 6.07) is 0. The van der Waals surface area contributed by atoms with E-state index in [4.69, 9.17) is 12.2 Å². The molecule has 0 bridgehead atoms. The number of rotatable bonds is 2. The highest BCUT2D eigenvalue weighted by molar-refractivity contribution is 7.99. The van der Waals surface area contributed by atoms with Crippen molar-refractivity contribution in [2.45, 2.75) is 11.8 Å². The summed E-state index contributed by atoms with van der Waals surface area (Å²) >= 11 is 6.71. The van der Waals surface area contributed by atoms with Crippen molar-refractivity contribution in [2.75, 3.05) is 6.26 Å². The van der Waals surface area contributed by atoms with E-state index in [1.165, 1.54) is 25.6 Å². The summed E-state index contributed by atoms with van der Waals surface area (Å²) in [5, 5.41) is 4.32. The molecular formula is C9H9IOS6. The Hall–Kier alpha value is 1.07. The average molecular weight is 452 g/mol. The van der Waals surface area contributed by atoms with Gasteiger partial charge in [0.1, 0.15) is 3.82 Å². The van der Waals surface area contributed by atoms with Crippen molar-refractivity contribution in [3.05, 3.63) is 25.0 Å². The molecule has 0 amide bonds. The van der Waals surface area contributed by atoms with Gasteiger partial charge in [0.05, 0.1) is 15.2 Å². The zero-order valence-electron chi connectivity index (χ0n) is 8.97. The first-order valence-corrected chi connectivity index (χ1v) is 10.2. The lowest BCUT2D eigenvalue weighted by Gasteiger charge is -1.78. The third-order valence-electron chi connectivity index (χ3n) is 1.61. The van der Waals surface area contributed by atoms with Gasteiger partial charge in [0, 0.05) is 0 Å². The lowest BCUT2D eigenvalue weighted by atomic mass is 10.3. The second-order valence-electron chi connectivity index (χ2n) is 2.60. The van der Waals surface area contributed by atoms with E-state index in [0.29, 0.717) is 0 Å². The molecular weight excluding hydrogens is 443 g/mol. The molecule has 0 atom stereocenters. The fourth-order valence-corrected chi connectivity index (χ4v) is 6.17. The number of hydrogen-bond acceptors (Lipinski definition) is 6. The molecule has 0 unspecified atom stereocenters. The Morgan fingerprint density at radius 3 is 2.41 bits per heavy atom. The highest BCUT2D eigenvalue weighted by Crippen LogP contribution is 2.22. The number of hydrogen-bond donors (Lipinski definition) is 0. The number of carbonyl (C=O) groups excluding carboxylic acids is 1. The molecule has 0 radical (unpaired) electrons. The van der Waals surface area contributed by atoms with Gasteiger partial charge in [0.15, 0.2) is 16.6 Å². The maximum atomic E-state index is 10.2. The van der Waals surface area contributed by atoms with Gasteiger partial charge in [-0.3, -0.25) is 4.79 Å². The SMILES string of the molecule is CSc1cs[s+]c1.Cc1c(C=O)ssc1=S.[I-]. The molecule has 0 aromatic carbocycles. The van der Waals surface area contributed by atoms with Gasteiger partial charge in [-0.15, -0.1) is 11.8 Å². The third kappa shape index (κ3) is 6.17. The first-order valence-electron chi connectivity index (χ1n) is 4.13. The van der Waals surface area contributed by atoms with E-state index < -0.39 is 0 Å². The zero-order valence-corrected chi connectivity index (χ0v) is 16.0. The molecule has 94 valence electrons. The topological polar surface area (TPSA) is 17.1 Å². The van der Waals surface area contributed by atoms with Crippen LogP contribution in [0, 0.1) is 10.7 Å². The fourth-order valence-electron chi connectivity index (χ4n) is 0.691. The molecule has 1 nitrogen and oxygen atoms in total. The van der Waals surface area contributed by atoms with Crippen LogP contribution >= 0.6 is 65.3 Å². The summed E-state index contributed by atoms with van der Waals surface area (Å²) in [6.07, 6.45) is 2.95. The minimum Gasteiger partial charge on any atom is -1.00 e. The maximum Gasteiger partial charge on any atom is 0.292 e. The highest BCUT2D eigenvalue weighted by atomic mass is 127. The molecule has 0 saturated carbocycles. The number of aldehydes is 1. The van der Waals surface area contributed by atoms with Gasteiger partial charge in [0.2, 0.25) is 5.38 Å². The van der Waals surface area contributed by atoms with Crippen LogP contribution < -0.4 is 24.0 Å². The first-order chi connectivity index (χ1) is 7.69. The predicted molar refractivity (Wildman–Crippen MR) is 81.5 cm³/mol. The Bertz CT molecular complexity index is 486. The Kier molecular flexibility index (Phi) is 10.6. The largest absolute Gasteiger partial charge is 1.00 e. The van der Waals surface area contributed by atoms with Crippen LogP contribution in [0.2, 0.25) is 0 Å². The smallest absolute Gasteiger partial charge is 0.292 e. The van der Waals surface area contributed by atoms with Crippen LogP contribution in [-0.4, -0.2) is 12.5 Å². The van der Waals surface area contributed by atoms with Crippen molar-refractivity contribution in [3.63, 3.8) is 0 Å². The molecule has 0 aliphatic rings. The summed E-state index contributed by atoms with van der Waals surface area (Å²) in [7, 11) is 6.50. The third-order valence-corrected chi connectivity index (χ3v) is 7.62. The van der Waals surface area contributed by atoms with Gasteiger partial charge >= 0.3 is 0 Å². The van der Waals surface area contributed by atoms with Crippen molar-refractivity contribution in [1.29, 1.82) is 0 Å². The fraction of sp³-hybridized carbons (Fsp3) is 0.222. The van der Waals surface area contributed by atoms with Crippen molar-refractivity contribution < 1.29 is 28.8 Å². The second-order valence-corrected chi connectivity index (χ2v) is 8.33.